The lowest BCUT2D eigenvalue weighted by atomic mass is 10.1. The van der Waals surface area contributed by atoms with E-state index < -0.39 is 0 Å². The molecule has 1 N–H and O–H groups in total. The van der Waals surface area contributed by atoms with Crippen molar-refractivity contribution >= 4 is 47.8 Å². The van der Waals surface area contributed by atoms with Gasteiger partial charge in [-0.2, -0.15) is 0 Å². The van der Waals surface area contributed by atoms with Crippen molar-refractivity contribution in [3.63, 3.8) is 0 Å². The van der Waals surface area contributed by atoms with E-state index in [-0.39, 0.29) is 24.8 Å². The number of halogens is 3. The van der Waals surface area contributed by atoms with Crippen LogP contribution in [0.15, 0.2) is 24.8 Å². The average molecular weight is 330 g/mol. The lowest BCUT2D eigenvalue weighted by Crippen LogP contribution is -2.44. The van der Waals surface area contributed by atoms with Crippen LogP contribution in [0.25, 0.3) is 0 Å². The zero-order valence-electron chi connectivity index (χ0n) is 10.1. The molecule has 0 bridgehead atoms. The van der Waals surface area contributed by atoms with E-state index in [2.05, 4.69) is 22.9 Å². The predicted octanol–water partition coefficient (Wildman–Crippen LogP) is 3.77. The maximum absolute atomic E-state index is 6.01. The van der Waals surface area contributed by atoms with Crippen molar-refractivity contribution in [3.8, 4) is 0 Å². The van der Waals surface area contributed by atoms with Gasteiger partial charge in [-0.05, 0) is 18.6 Å². The van der Waals surface area contributed by atoms with Gasteiger partial charge < -0.3 is 5.32 Å². The minimum atomic E-state index is 0. The summed E-state index contributed by atoms with van der Waals surface area (Å²) in [6, 6.07) is 4.58. The molecule has 18 heavy (non-hydrogen) atoms. The molecule has 1 saturated heterocycles. The van der Waals surface area contributed by atoms with Gasteiger partial charge in [0.1, 0.15) is 0 Å². The Hall–Kier alpha value is 0.230. The fourth-order valence-electron chi connectivity index (χ4n) is 2.10. The largest absolute Gasteiger partial charge is 0.314 e. The molecule has 0 aliphatic carbocycles. The average Bonchev–Trinajstić information content (AvgIpc) is 2.74. The Kier molecular flexibility index (Phi) is 9.30. The van der Waals surface area contributed by atoms with Gasteiger partial charge in [0.05, 0.1) is 4.34 Å². The highest BCUT2D eigenvalue weighted by Crippen LogP contribution is 2.32. The molecule has 0 unspecified atom stereocenters. The van der Waals surface area contributed by atoms with Crippen LogP contribution in [0.4, 0.5) is 0 Å². The standard InChI is InChI=1S/C12H17ClN2S.2ClH/c1-2-3-10(11-4-5-12(13)16-11)15-8-6-14-7-9-15;;/h2,4-5,10,14H,1,3,6-9H2;2*1H/t10-;;/m0../s1. The monoisotopic (exact) mass is 328 g/mol. The summed E-state index contributed by atoms with van der Waals surface area (Å²) in [6.45, 7) is 8.22. The van der Waals surface area contributed by atoms with E-state index in [1.807, 2.05) is 12.1 Å². The lowest BCUT2D eigenvalue weighted by molar-refractivity contribution is 0.177. The number of thiophene rings is 1. The van der Waals surface area contributed by atoms with Crippen molar-refractivity contribution < 1.29 is 0 Å². The Morgan fingerprint density at radius 2 is 2.06 bits per heavy atom. The van der Waals surface area contributed by atoms with Crippen LogP contribution in [0.2, 0.25) is 4.34 Å². The van der Waals surface area contributed by atoms with E-state index in [4.69, 9.17) is 11.6 Å². The molecular weight excluding hydrogens is 311 g/mol. The maximum atomic E-state index is 6.01. The molecule has 2 rings (SSSR count). The molecule has 2 nitrogen and oxygen atoms in total. The van der Waals surface area contributed by atoms with Crippen LogP contribution in [0.1, 0.15) is 17.3 Å². The Labute approximate surface area is 130 Å². The molecule has 1 fully saturated rings. The normalized spacial score (nSPS) is 17.4. The number of nitrogens with one attached hydrogen (secondary N) is 1. The second kappa shape index (κ2) is 9.18. The van der Waals surface area contributed by atoms with E-state index in [9.17, 15) is 0 Å². The Bertz CT molecular complexity index is 351. The molecule has 0 aromatic carbocycles. The molecule has 0 amide bonds. The molecule has 6 heteroatoms. The summed E-state index contributed by atoms with van der Waals surface area (Å²) >= 11 is 7.69. The van der Waals surface area contributed by atoms with E-state index in [1.54, 1.807) is 11.3 Å². The van der Waals surface area contributed by atoms with Crippen LogP contribution in [0, 0.1) is 0 Å². The molecule has 1 aliphatic rings. The van der Waals surface area contributed by atoms with Gasteiger partial charge in [0.25, 0.3) is 0 Å². The third-order valence-electron chi connectivity index (χ3n) is 2.90. The zero-order valence-corrected chi connectivity index (χ0v) is 13.3. The summed E-state index contributed by atoms with van der Waals surface area (Å²) < 4.78 is 0.874. The summed E-state index contributed by atoms with van der Waals surface area (Å²) in [5.41, 5.74) is 0. The van der Waals surface area contributed by atoms with Crippen LogP contribution in [-0.2, 0) is 0 Å². The first-order valence-electron chi connectivity index (χ1n) is 5.62. The van der Waals surface area contributed by atoms with Crippen LogP contribution in [0.5, 0.6) is 0 Å². The molecule has 0 spiro atoms. The molecule has 104 valence electrons. The van der Waals surface area contributed by atoms with Crippen LogP contribution in [0.3, 0.4) is 0 Å². The molecule has 1 aliphatic heterocycles. The zero-order chi connectivity index (χ0) is 11.4. The number of rotatable bonds is 4. The number of hydrogen-bond acceptors (Lipinski definition) is 3. The SMILES string of the molecule is C=CC[C@@H](c1ccc(Cl)s1)N1CCNCC1.Cl.Cl. The highest BCUT2D eigenvalue weighted by atomic mass is 35.5. The third kappa shape index (κ3) is 4.72. The topological polar surface area (TPSA) is 15.3 Å². The summed E-state index contributed by atoms with van der Waals surface area (Å²) in [6.07, 6.45) is 3.00. The third-order valence-corrected chi connectivity index (χ3v) is 4.24. The van der Waals surface area contributed by atoms with Crippen molar-refractivity contribution in [1.29, 1.82) is 0 Å². The number of nitrogens with zero attached hydrogens (tertiary/aromatic N) is 1. The lowest BCUT2D eigenvalue weighted by Gasteiger charge is -2.33. The van der Waals surface area contributed by atoms with Gasteiger partial charge in [0.2, 0.25) is 0 Å². The van der Waals surface area contributed by atoms with Crippen molar-refractivity contribution in [2.24, 2.45) is 0 Å². The first-order chi connectivity index (χ1) is 7.81. The summed E-state index contributed by atoms with van der Waals surface area (Å²) in [4.78, 5) is 3.87. The molecular formula is C12H19Cl3N2S. The first-order valence-corrected chi connectivity index (χ1v) is 6.81. The molecule has 0 saturated carbocycles. The van der Waals surface area contributed by atoms with Crippen LogP contribution >= 0.6 is 47.8 Å². The van der Waals surface area contributed by atoms with E-state index in [0.29, 0.717) is 6.04 Å². The van der Waals surface area contributed by atoms with Crippen molar-refractivity contribution in [2.75, 3.05) is 26.2 Å². The van der Waals surface area contributed by atoms with E-state index in [1.165, 1.54) is 4.88 Å². The van der Waals surface area contributed by atoms with Gasteiger partial charge in [-0.15, -0.1) is 42.7 Å². The molecule has 0 radical (unpaired) electrons. The molecule has 1 aromatic rings. The Morgan fingerprint density at radius 1 is 1.39 bits per heavy atom. The Balaban J connectivity index is 0.00000144. The summed E-state index contributed by atoms with van der Waals surface area (Å²) in [5, 5.41) is 3.38. The van der Waals surface area contributed by atoms with Gasteiger partial charge in [0, 0.05) is 37.1 Å². The van der Waals surface area contributed by atoms with Crippen molar-refractivity contribution in [3.05, 3.63) is 34.0 Å². The quantitative estimate of drug-likeness (QED) is 0.846. The first kappa shape index (κ1) is 18.2. The fourth-order valence-corrected chi connectivity index (χ4v) is 3.31. The number of piperazine rings is 1. The molecule has 2 heterocycles. The fraction of sp³-hybridized carbons (Fsp3) is 0.500. The summed E-state index contributed by atoms with van der Waals surface area (Å²) in [7, 11) is 0. The molecule has 1 aromatic heterocycles. The highest BCUT2D eigenvalue weighted by molar-refractivity contribution is 7.16. The minimum absolute atomic E-state index is 0. The van der Waals surface area contributed by atoms with Gasteiger partial charge in [0.15, 0.2) is 0 Å². The Morgan fingerprint density at radius 3 is 2.56 bits per heavy atom. The van der Waals surface area contributed by atoms with Crippen molar-refractivity contribution in [1.82, 2.24) is 10.2 Å². The van der Waals surface area contributed by atoms with E-state index in [0.717, 1.165) is 36.9 Å². The smallest absolute Gasteiger partial charge is 0.0931 e. The highest BCUT2D eigenvalue weighted by Gasteiger charge is 2.22. The van der Waals surface area contributed by atoms with Crippen LogP contribution < -0.4 is 5.32 Å². The number of hydrogen-bond donors (Lipinski definition) is 1. The van der Waals surface area contributed by atoms with Gasteiger partial charge in [-0.1, -0.05) is 17.7 Å². The van der Waals surface area contributed by atoms with E-state index >= 15 is 0 Å². The maximum Gasteiger partial charge on any atom is 0.0931 e. The second-order valence-electron chi connectivity index (χ2n) is 3.97. The second-order valence-corrected chi connectivity index (χ2v) is 5.71. The van der Waals surface area contributed by atoms with Gasteiger partial charge in [-0.3, -0.25) is 4.90 Å². The van der Waals surface area contributed by atoms with Gasteiger partial charge in [-0.25, -0.2) is 0 Å². The summed E-state index contributed by atoms with van der Waals surface area (Å²) in [5.74, 6) is 0. The predicted molar refractivity (Wildman–Crippen MR) is 85.8 cm³/mol. The van der Waals surface area contributed by atoms with Gasteiger partial charge >= 0.3 is 0 Å². The van der Waals surface area contributed by atoms with Crippen LogP contribution in [-0.4, -0.2) is 31.1 Å². The molecule has 1 atom stereocenters. The minimum Gasteiger partial charge on any atom is -0.314 e. The van der Waals surface area contributed by atoms with Crippen molar-refractivity contribution in [2.45, 2.75) is 12.5 Å².